The summed E-state index contributed by atoms with van der Waals surface area (Å²) in [5.74, 6) is 0.843. The van der Waals surface area contributed by atoms with Crippen LogP contribution < -0.4 is 15.4 Å². The molecule has 0 saturated carbocycles. The predicted molar refractivity (Wildman–Crippen MR) is 88.2 cm³/mol. The number of nitrogens with one attached hydrogen (secondary N) is 2. The van der Waals surface area contributed by atoms with Gasteiger partial charge in [0, 0.05) is 18.6 Å². The summed E-state index contributed by atoms with van der Waals surface area (Å²) < 4.78 is 10.4. The zero-order chi connectivity index (χ0) is 16.8. The van der Waals surface area contributed by atoms with Crippen LogP contribution in [-0.4, -0.2) is 31.4 Å². The number of alkyl carbamates (subject to hydrolysis) is 1. The summed E-state index contributed by atoms with van der Waals surface area (Å²) in [6, 6.07) is 8.26. The summed E-state index contributed by atoms with van der Waals surface area (Å²) >= 11 is 0. The lowest BCUT2D eigenvalue weighted by molar-refractivity contribution is 0.0522. The molecule has 22 heavy (non-hydrogen) atoms. The van der Waals surface area contributed by atoms with Gasteiger partial charge in [-0.25, -0.2) is 4.79 Å². The molecule has 0 aromatic heterocycles. The average molecular weight is 308 g/mol. The fourth-order valence-corrected chi connectivity index (χ4v) is 2.03. The number of hydrogen-bond acceptors (Lipinski definition) is 4. The molecule has 0 fully saturated rings. The second-order valence-corrected chi connectivity index (χ2v) is 6.45. The van der Waals surface area contributed by atoms with Crippen molar-refractivity contribution in [2.45, 2.75) is 52.3 Å². The highest BCUT2D eigenvalue weighted by Crippen LogP contribution is 2.17. The fraction of sp³-hybridized carbons (Fsp3) is 0.588. The Morgan fingerprint density at radius 3 is 2.27 bits per heavy atom. The molecule has 5 heteroatoms. The zero-order valence-corrected chi connectivity index (χ0v) is 14.4. The summed E-state index contributed by atoms with van der Waals surface area (Å²) in [6.07, 6.45) is -0.391. The molecular formula is C17H28N2O3. The van der Waals surface area contributed by atoms with E-state index >= 15 is 0 Å². The first-order valence-corrected chi connectivity index (χ1v) is 7.58. The smallest absolute Gasteiger partial charge is 0.407 e. The Hall–Kier alpha value is -1.75. The maximum Gasteiger partial charge on any atom is 0.407 e. The van der Waals surface area contributed by atoms with E-state index in [1.807, 2.05) is 52.0 Å². The molecule has 0 heterocycles. The number of hydrogen-bond donors (Lipinski definition) is 2. The Labute approximate surface area is 133 Å². The first kappa shape index (κ1) is 18.3. The number of ether oxygens (including phenoxy) is 2. The molecule has 2 atom stereocenters. The zero-order valence-electron chi connectivity index (χ0n) is 14.4. The van der Waals surface area contributed by atoms with Crippen LogP contribution in [0, 0.1) is 0 Å². The molecule has 0 aliphatic rings. The van der Waals surface area contributed by atoms with Crippen LogP contribution in [0.4, 0.5) is 4.79 Å². The second-order valence-electron chi connectivity index (χ2n) is 6.45. The largest absolute Gasteiger partial charge is 0.497 e. The lowest BCUT2D eigenvalue weighted by Gasteiger charge is -2.23. The molecule has 0 bridgehead atoms. The number of rotatable bonds is 6. The molecule has 0 spiro atoms. The van der Waals surface area contributed by atoms with E-state index in [0.29, 0.717) is 6.54 Å². The van der Waals surface area contributed by atoms with Gasteiger partial charge in [0.25, 0.3) is 0 Å². The lowest BCUT2D eigenvalue weighted by atomic mass is 10.1. The summed E-state index contributed by atoms with van der Waals surface area (Å²) in [5.41, 5.74) is 0.696. The van der Waals surface area contributed by atoms with E-state index < -0.39 is 11.7 Å². The van der Waals surface area contributed by atoms with Crippen molar-refractivity contribution in [3.05, 3.63) is 29.8 Å². The molecule has 1 rings (SSSR count). The molecule has 1 amide bonds. The Morgan fingerprint density at radius 1 is 1.18 bits per heavy atom. The number of benzene rings is 1. The van der Waals surface area contributed by atoms with Crippen molar-refractivity contribution in [3.8, 4) is 5.75 Å². The minimum atomic E-state index is -0.475. The monoisotopic (exact) mass is 308 g/mol. The standard InChI is InChI=1S/C17H28N2O3/c1-12(11-18-16(20)22-17(3,4)5)19-13(2)14-7-9-15(21-6)10-8-14/h7-10,12-13,19H,11H2,1-6H3,(H,18,20). The van der Waals surface area contributed by atoms with Gasteiger partial charge < -0.3 is 20.1 Å². The summed E-state index contributed by atoms with van der Waals surface area (Å²) in [6.45, 7) is 10.2. The Kier molecular flexibility index (Phi) is 6.68. The van der Waals surface area contributed by atoms with Gasteiger partial charge in [-0.1, -0.05) is 12.1 Å². The van der Waals surface area contributed by atoms with E-state index in [4.69, 9.17) is 9.47 Å². The number of amides is 1. The first-order chi connectivity index (χ1) is 10.2. The van der Waals surface area contributed by atoms with Crippen LogP contribution in [0.5, 0.6) is 5.75 Å². The fourth-order valence-electron chi connectivity index (χ4n) is 2.03. The molecule has 2 N–H and O–H groups in total. The minimum Gasteiger partial charge on any atom is -0.497 e. The average Bonchev–Trinajstić information content (AvgIpc) is 2.43. The molecule has 0 radical (unpaired) electrons. The van der Waals surface area contributed by atoms with E-state index in [9.17, 15) is 4.79 Å². The Balaban J connectivity index is 2.40. The Bertz CT molecular complexity index is 466. The van der Waals surface area contributed by atoms with Gasteiger partial charge in [-0.05, 0) is 52.3 Å². The van der Waals surface area contributed by atoms with Crippen molar-refractivity contribution in [2.24, 2.45) is 0 Å². The molecule has 0 aliphatic heterocycles. The van der Waals surface area contributed by atoms with Gasteiger partial charge in [0.1, 0.15) is 11.4 Å². The van der Waals surface area contributed by atoms with Gasteiger partial charge >= 0.3 is 6.09 Å². The van der Waals surface area contributed by atoms with Crippen LogP contribution in [0.1, 0.15) is 46.2 Å². The van der Waals surface area contributed by atoms with Crippen LogP contribution in [0.3, 0.4) is 0 Å². The third-order valence-corrected chi connectivity index (χ3v) is 3.10. The van der Waals surface area contributed by atoms with Crippen LogP contribution in [0.25, 0.3) is 0 Å². The quantitative estimate of drug-likeness (QED) is 0.847. The van der Waals surface area contributed by atoms with Crippen molar-refractivity contribution >= 4 is 6.09 Å². The number of methoxy groups -OCH3 is 1. The highest BCUT2D eigenvalue weighted by atomic mass is 16.6. The predicted octanol–water partition coefficient (Wildman–Crippen LogP) is 3.26. The third-order valence-electron chi connectivity index (χ3n) is 3.10. The minimum absolute atomic E-state index is 0.129. The van der Waals surface area contributed by atoms with Crippen LogP contribution in [-0.2, 0) is 4.74 Å². The van der Waals surface area contributed by atoms with Crippen LogP contribution in [0.2, 0.25) is 0 Å². The highest BCUT2D eigenvalue weighted by Gasteiger charge is 2.17. The molecule has 2 unspecified atom stereocenters. The van der Waals surface area contributed by atoms with Crippen molar-refractivity contribution in [1.82, 2.24) is 10.6 Å². The molecule has 1 aromatic rings. The third kappa shape index (κ3) is 6.80. The number of carbonyl (C=O) groups is 1. The van der Waals surface area contributed by atoms with Crippen molar-refractivity contribution in [1.29, 1.82) is 0 Å². The lowest BCUT2D eigenvalue weighted by Crippen LogP contribution is -2.41. The topological polar surface area (TPSA) is 59.6 Å². The van der Waals surface area contributed by atoms with Crippen molar-refractivity contribution < 1.29 is 14.3 Å². The summed E-state index contributed by atoms with van der Waals surface area (Å²) in [5, 5.41) is 6.21. The highest BCUT2D eigenvalue weighted by molar-refractivity contribution is 5.67. The molecule has 124 valence electrons. The van der Waals surface area contributed by atoms with E-state index in [2.05, 4.69) is 17.6 Å². The SMILES string of the molecule is COc1ccc(C(C)NC(C)CNC(=O)OC(C)(C)C)cc1. The van der Waals surface area contributed by atoms with Crippen molar-refractivity contribution in [3.63, 3.8) is 0 Å². The van der Waals surface area contributed by atoms with Crippen LogP contribution >= 0.6 is 0 Å². The second kappa shape index (κ2) is 8.03. The van der Waals surface area contributed by atoms with Gasteiger partial charge in [0.2, 0.25) is 0 Å². The maximum atomic E-state index is 11.6. The summed E-state index contributed by atoms with van der Waals surface area (Å²) in [7, 11) is 1.65. The van der Waals surface area contributed by atoms with E-state index in [-0.39, 0.29) is 12.1 Å². The molecule has 1 aromatic carbocycles. The van der Waals surface area contributed by atoms with Crippen molar-refractivity contribution in [2.75, 3.05) is 13.7 Å². The number of carbonyl (C=O) groups excluding carboxylic acids is 1. The molecule has 0 aliphatic carbocycles. The molecule has 0 saturated heterocycles. The van der Waals surface area contributed by atoms with Gasteiger partial charge in [0.15, 0.2) is 0 Å². The first-order valence-electron chi connectivity index (χ1n) is 7.58. The Morgan fingerprint density at radius 2 is 1.77 bits per heavy atom. The van der Waals surface area contributed by atoms with Gasteiger partial charge in [0.05, 0.1) is 7.11 Å². The van der Waals surface area contributed by atoms with Crippen LogP contribution in [0.15, 0.2) is 24.3 Å². The van der Waals surface area contributed by atoms with E-state index in [0.717, 1.165) is 5.75 Å². The van der Waals surface area contributed by atoms with E-state index in [1.165, 1.54) is 5.56 Å². The van der Waals surface area contributed by atoms with E-state index in [1.54, 1.807) is 7.11 Å². The molecular weight excluding hydrogens is 280 g/mol. The van der Waals surface area contributed by atoms with Gasteiger partial charge in [-0.2, -0.15) is 0 Å². The summed E-state index contributed by atoms with van der Waals surface area (Å²) in [4.78, 5) is 11.6. The molecule has 5 nitrogen and oxygen atoms in total. The maximum absolute atomic E-state index is 11.6. The van der Waals surface area contributed by atoms with Gasteiger partial charge in [-0.15, -0.1) is 0 Å². The normalized spacial score (nSPS) is 14.1. The van der Waals surface area contributed by atoms with Gasteiger partial charge in [-0.3, -0.25) is 0 Å².